The molecule has 0 radical (unpaired) electrons. The molecule has 0 N–H and O–H groups in total. The van der Waals surface area contributed by atoms with Gasteiger partial charge in [-0.2, -0.15) is 5.10 Å². The van der Waals surface area contributed by atoms with E-state index in [-0.39, 0.29) is 11.4 Å². The molecule has 0 amide bonds. The first kappa shape index (κ1) is 10.1. The molecule has 0 aliphatic heterocycles. The van der Waals surface area contributed by atoms with Crippen molar-refractivity contribution in [1.29, 1.82) is 0 Å². The Morgan fingerprint density at radius 1 is 1.77 bits per heavy atom. The van der Waals surface area contributed by atoms with Crippen LogP contribution in [0.1, 0.15) is 22.5 Å². The molecule has 1 aromatic heterocycles. The third-order valence-electron chi connectivity index (χ3n) is 1.49. The Balaban J connectivity index is 3.11. The van der Waals surface area contributed by atoms with Crippen molar-refractivity contribution in [3.8, 4) is 0 Å². The number of carbonyl (C=O) groups is 1. The molecule has 0 aliphatic rings. The molecule has 0 saturated carbocycles. The van der Waals surface area contributed by atoms with E-state index in [0.29, 0.717) is 0 Å². The lowest BCUT2D eigenvalue weighted by Gasteiger charge is -1.95. The SMILES string of the molecule is Cn1cc(C(=O)CCl)c(C(F)F)n1. The second kappa shape index (κ2) is 3.83. The van der Waals surface area contributed by atoms with Gasteiger partial charge in [-0.15, -0.1) is 11.6 Å². The first-order valence-corrected chi connectivity index (χ1v) is 4.00. The van der Waals surface area contributed by atoms with Crippen molar-refractivity contribution in [2.75, 3.05) is 5.88 Å². The third kappa shape index (κ3) is 2.03. The van der Waals surface area contributed by atoms with Crippen molar-refractivity contribution in [3.63, 3.8) is 0 Å². The molecule has 3 nitrogen and oxygen atoms in total. The summed E-state index contributed by atoms with van der Waals surface area (Å²) >= 11 is 5.24. The Kier molecular flexibility index (Phi) is 2.98. The zero-order chi connectivity index (χ0) is 10.0. The summed E-state index contributed by atoms with van der Waals surface area (Å²) in [4.78, 5) is 11.0. The zero-order valence-electron chi connectivity index (χ0n) is 6.80. The lowest BCUT2D eigenvalue weighted by molar-refractivity contribution is 0.100. The van der Waals surface area contributed by atoms with Crippen molar-refractivity contribution in [3.05, 3.63) is 17.5 Å². The Morgan fingerprint density at radius 2 is 2.38 bits per heavy atom. The van der Waals surface area contributed by atoms with Crippen LogP contribution in [-0.2, 0) is 7.05 Å². The molecule has 1 rings (SSSR count). The molecule has 0 atom stereocenters. The minimum atomic E-state index is -2.75. The molecule has 72 valence electrons. The molecule has 0 saturated heterocycles. The van der Waals surface area contributed by atoms with Crippen LogP contribution in [0.3, 0.4) is 0 Å². The number of aromatic nitrogens is 2. The molecule has 0 aromatic carbocycles. The van der Waals surface area contributed by atoms with Crippen molar-refractivity contribution in [2.45, 2.75) is 6.43 Å². The molecule has 0 spiro atoms. The minimum Gasteiger partial charge on any atom is -0.293 e. The van der Waals surface area contributed by atoms with Gasteiger partial charge in [0.1, 0.15) is 5.69 Å². The van der Waals surface area contributed by atoms with Gasteiger partial charge in [0.05, 0.1) is 11.4 Å². The van der Waals surface area contributed by atoms with Crippen molar-refractivity contribution < 1.29 is 13.6 Å². The number of carbonyl (C=O) groups excluding carboxylic acids is 1. The maximum Gasteiger partial charge on any atom is 0.282 e. The first-order valence-electron chi connectivity index (χ1n) is 3.47. The van der Waals surface area contributed by atoms with Gasteiger partial charge in [-0.25, -0.2) is 8.78 Å². The summed E-state index contributed by atoms with van der Waals surface area (Å²) in [6.07, 6.45) is -1.50. The number of nitrogens with zero attached hydrogens (tertiary/aromatic N) is 2. The van der Waals surface area contributed by atoms with Crippen molar-refractivity contribution >= 4 is 17.4 Å². The highest BCUT2D eigenvalue weighted by Gasteiger charge is 2.21. The van der Waals surface area contributed by atoms with Crippen LogP contribution in [0.5, 0.6) is 0 Å². The summed E-state index contributed by atoms with van der Waals surface area (Å²) in [7, 11) is 1.47. The third-order valence-corrected chi connectivity index (χ3v) is 1.73. The lowest BCUT2D eigenvalue weighted by atomic mass is 10.2. The molecule has 1 aromatic rings. The molecule has 13 heavy (non-hydrogen) atoms. The van der Waals surface area contributed by atoms with E-state index < -0.39 is 17.9 Å². The van der Waals surface area contributed by atoms with Crippen LogP contribution in [0.15, 0.2) is 6.20 Å². The quantitative estimate of drug-likeness (QED) is 0.561. The smallest absolute Gasteiger partial charge is 0.282 e. The Hall–Kier alpha value is -0.970. The number of hydrogen-bond acceptors (Lipinski definition) is 2. The van der Waals surface area contributed by atoms with Crippen LogP contribution in [0.2, 0.25) is 0 Å². The fourth-order valence-electron chi connectivity index (χ4n) is 0.954. The molecular weight excluding hydrogens is 202 g/mol. The number of alkyl halides is 3. The molecule has 6 heteroatoms. The van der Waals surface area contributed by atoms with Gasteiger partial charge in [-0.1, -0.05) is 0 Å². The van der Waals surface area contributed by atoms with E-state index in [1.54, 1.807) is 0 Å². The average molecular weight is 209 g/mol. The minimum absolute atomic E-state index is 0.104. The fourth-order valence-corrected chi connectivity index (χ4v) is 1.10. The van der Waals surface area contributed by atoms with Gasteiger partial charge in [0, 0.05) is 13.2 Å². The second-order valence-corrected chi connectivity index (χ2v) is 2.73. The maximum absolute atomic E-state index is 12.3. The normalized spacial score (nSPS) is 10.8. The second-order valence-electron chi connectivity index (χ2n) is 2.46. The number of ketones is 1. The average Bonchev–Trinajstić information content (AvgIpc) is 2.46. The van der Waals surface area contributed by atoms with Crippen LogP contribution in [0.4, 0.5) is 8.78 Å². The number of halogens is 3. The predicted molar refractivity (Wildman–Crippen MR) is 43.2 cm³/mol. The van der Waals surface area contributed by atoms with Crippen LogP contribution >= 0.6 is 11.6 Å². The van der Waals surface area contributed by atoms with Gasteiger partial charge in [-0.3, -0.25) is 9.48 Å². The van der Waals surface area contributed by atoms with E-state index in [9.17, 15) is 13.6 Å². The number of Topliss-reactive ketones (excluding diaryl/α,β-unsaturated/α-hetero) is 1. The molecule has 0 bridgehead atoms. The monoisotopic (exact) mass is 208 g/mol. The maximum atomic E-state index is 12.3. The van der Waals surface area contributed by atoms with E-state index in [1.807, 2.05) is 0 Å². The molecule has 0 fully saturated rings. The van der Waals surface area contributed by atoms with Crippen LogP contribution in [0, 0.1) is 0 Å². The van der Waals surface area contributed by atoms with Crippen LogP contribution in [-0.4, -0.2) is 21.4 Å². The van der Waals surface area contributed by atoms with Crippen molar-refractivity contribution in [1.82, 2.24) is 9.78 Å². The van der Waals surface area contributed by atoms with E-state index in [2.05, 4.69) is 5.10 Å². The topological polar surface area (TPSA) is 34.9 Å². The highest BCUT2D eigenvalue weighted by Crippen LogP contribution is 2.21. The van der Waals surface area contributed by atoms with Crippen LogP contribution < -0.4 is 0 Å². The Morgan fingerprint density at radius 3 is 2.85 bits per heavy atom. The van der Waals surface area contributed by atoms with Crippen molar-refractivity contribution in [2.24, 2.45) is 7.05 Å². The first-order chi connectivity index (χ1) is 6.06. The van der Waals surface area contributed by atoms with Gasteiger partial charge in [-0.05, 0) is 0 Å². The summed E-state index contributed by atoms with van der Waals surface area (Å²) in [6.45, 7) is 0. The fraction of sp³-hybridized carbons (Fsp3) is 0.429. The Bertz CT molecular complexity index is 324. The highest BCUT2D eigenvalue weighted by atomic mass is 35.5. The summed E-state index contributed by atoms with van der Waals surface area (Å²) in [5.74, 6) is -0.851. The summed E-state index contributed by atoms with van der Waals surface area (Å²) in [5, 5.41) is 3.47. The predicted octanol–water partition coefficient (Wildman–Crippen LogP) is 1.78. The molecule has 1 heterocycles. The molecular formula is C7H7ClF2N2O. The lowest BCUT2D eigenvalue weighted by Crippen LogP contribution is -2.03. The molecule has 0 aliphatic carbocycles. The molecule has 0 unspecified atom stereocenters. The number of rotatable bonds is 3. The van der Waals surface area contributed by atoms with Gasteiger partial charge in [0.2, 0.25) is 0 Å². The highest BCUT2D eigenvalue weighted by molar-refractivity contribution is 6.30. The summed E-state index contributed by atoms with van der Waals surface area (Å²) in [5.41, 5.74) is -0.611. The summed E-state index contributed by atoms with van der Waals surface area (Å²) in [6, 6.07) is 0. The van der Waals surface area contributed by atoms with Gasteiger partial charge < -0.3 is 0 Å². The zero-order valence-corrected chi connectivity index (χ0v) is 7.55. The number of aryl methyl sites for hydroxylation is 1. The standard InChI is InChI=1S/C7H7ClF2N2O/c1-12-3-4(5(13)2-8)6(11-12)7(9)10/h3,7H,2H2,1H3. The summed E-state index contributed by atoms with van der Waals surface area (Å²) < 4.78 is 25.7. The van der Waals surface area contributed by atoms with E-state index in [1.165, 1.54) is 17.9 Å². The number of hydrogen-bond donors (Lipinski definition) is 0. The van der Waals surface area contributed by atoms with E-state index in [0.717, 1.165) is 0 Å². The van der Waals surface area contributed by atoms with E-state index in [4.69, 9.17) is 11.6 Å². The van der Waals surface area contributed by atoms with Gasteiger partial charge in [0.25, 0.3) is 6.43 Å². The largest absolute Gasteiger partial charge is 0.293 e. The van der Waals surface area contributed by atoms with Gasteiger partial charge >= 0.3 is 0 Å². The van der Waals surface area contributed by atoms with Gasteiger partial charge in [0.15, 0.2) is 5.78 Å². The Labute approximate surface area is 78.3 Å². The van der Waals surface area contributed by atoms with Crippen LogP contribution in [0.25, 0.3) is 0 Å². The van der Waals surface area contributed by atoms with E-state index >= 15 is 0 Å².